The van der Waals surface area contributed by atoms with Crippen LogP contribution in [-0.4, -0.2) is 71.6 Å². The van der Waals surface area contributed by atoms with Gasteiger partial charge in [0.15, 0.2) is 6.29 Å². The molecule has 0 radical (unpaired) electrons. The molecule has 264 valence electrons. The number of amides is 2. The molecule has 4 aromatic carbocycles. The smallest absolute Gasteiger partial charge is 0.325 e. The Hall–Kier alpha value is -4.78. The second kappa shape index (κ2) is 17.7. The van der Waals surface area contributed by atoms with Gasteiger partial charge in [0.05, 0.1) is 31.5 Å². The van der Waals surface area contributed by atoms with Gasteiger partial charge >= 0.3 is 12.0 Å². The fourth-order valence-electron chi connectivity index (χ4n) is 5.97. The maximum atomic E-state index is 12.3. The number of aliphatic hydroxyl groups excluding tert-OH is 2. The highest BCUT2D eigenvalue weighted by Gasteiger charge is 2.33. The molecule has 0 aromatic heterocycles. The first kappa shape index (κ1) is 36.5. The molecule has 1 heterocycles. The number of urea groups is 1. The number of nitrogens with one attached hydrogen (secondary N) is 2. The van der Waals surface area contributed by atoms with Crippen LogP contribution in [0.3, 0.4) is 0 Å². The van der Waals surface area contributed by atoms with Crippen molar-refractivity contribution in [2.24, 2.45) is 0 Å². The van der Waals surface area contributed by atoms with E-state index in [1.807, 2.05) is 84.7 Å². The summed E-state index contributed by atoms with van der Waals surface area (Å²) in [6, 6.07) is 29.6. The van der Waals surface area contributed by atoms with E-state index in [-0.39, 0.29) is 44.3 Å². The minimum atomic E-state index is -0.783. The van der Waals surface area contributed by atoms with Crippen LogP contribution in [0.15, 0.2) is 97.1 Å². The number of aromatic hydroxyl groups is 1. The maximum Gasteiger partial charge on any atom is 0.325 e. The molecule has 0 bridgehead atoms. The first-order valence-electron chi connectivity index (χ1n) is 16.7. The van der Waals surface area contributed by atoms with Crippen LogP contribution in [-0.2, 0) is 32.2 Å². The Kier molecular flexibility index (Phi) is 13.0. The molecule has 11 heteroatoms. The van der Waals surface area contributed by atoms with E-state index in [4.69, 9.17) is 14.2 Å². The predicted octanol–water partition coefficient (Wildman–Crippen LogP) is 5.12. The molecule has 4 unspecified atom stereocenters. The molecular weight excluding hydrogens is 638 g/mol. The van der Waals surface area contributed by atoms with Crippen LogP contribution >= 0.6 is 0 Å². The molecular formula is C39H45N3O8. The van der Waals surface area contributed by atoms with Crippen molar-refractivity contribution in [1.82, 2.24) is 15.5 Å². The summed E-state index contributed by atoms with van der Waals surface area (Å²) in [7, 11) is 1.93. The zero-order valence-electron chi connectivity index (χ0n) is 28.3. The van der Waals surface area contributed by atoms with Gasteiger partial charge in [0.2, 0.25) is 0 Å². The lowest BCUT2D eigenvalue weighted by Crippen LogP contribution is -2.39. The molecule has 5 rings (SSSR count). The van der Waals surface area contributed by atoms with Crippen molar-refractivity contribution in [3.63, 3.8) is 0 Å². The molecule has 0 saturated carbocycles. The van der Waals surface area contributed by atoms with Crippen molar-refractivity contribution in [3.8, 4) is 16.9 Å². The van der Waals surface area contributed by atoms with Crippen molar-refractivity contribution in [2.75, 3.05) is 33.3 Å². The number of carbonyl (C=O) groups is 2. The number of phenolic OH excluding ortho intramolecular Hbond substituents is 1. The number of benzene rings is 4. The normalized spacial score (nSPS) is 18.0. The number of phenols is 1. The molecule has 1 fully saturated rings. The summed E-state index contributed by atoms with van der Waals surface area (Å²) in [6.07, 6.45) is -1.34. The van der Waals surface area contributed by atoms with E-state index in [9.17, 15) is 24.9 Å². The van der Waals surface area contributed by atoms with Gasteiger partial charge in [-0.1, -0.05) is 84.9 Å². The molecule has 4 aromatic rings. The SMILES string of the molecule is CCOC(=O)CNC(=O)NCc1ccccc1-c1ccc(C2OC(CN(C)CC(O)c3cccc(O)c3)CC(c3ccc(CO)cc3)O2)cc1. The van der Waals surface area contributed by atoms with Gasteiger partial charge in [-0.2, -0.15) is 0 Å². The number of likely N-dealkylation sites (N-methyl/N-ethyl adjacent to an activating group) is 1. The van der Waals surface area contributed by atoms with Gasteiger partial charge in [-0.15, -0.1) is 0 Å². The molecule has 50 heavy (non-hydrogen) atoms. The first-order valence-corrected chi connectivity index (χ1v) is 16.7. The van der Waals surface area contributed by atoms with Gasteiger partial charge in [-0.25, -0.2) is 4.79 Å². The van der Waals surface area contributed by atoms with E-state index in [1.165, 1.54) is 0 Å². The van der Waals surface area contributed by atoms with E-state index in [0.717, 1.165) is 33.4 Å². The standard InChI is InChI=1S/C39H45N3O8/c1-3-48-37(46)22-41-39(47)40-21-31-7-4-5-10-34(31)27-15-17-29(18-16-27)38-49-33(20-36(50-38)28-13-11-26(25-43)12-14-28)23-42(2)24-35(45)30-8-6-9-32(44)19-30/h4-19,33,35-36,38,43-45H,3,20-25H2,1-2H3,(H2,40,41,47). The Balaban J connectivity index is 1.28. The number of aliphatic hydroxyl groups is 2. The second-order valence-electron chi connectivity index (χ2n) is 12.3. The monoisotopic (exact) mass is 683 g/mol. The molecule has 5 N–H and O–H groups in total. The lowest BCUT2D eigenvalue weighted by Gasteiger charge is -2.38. The minimum Gasteiger partial charge on any atom is -0.508 e. The topological polar surface area (TPSA) is 150 Å². The number of esters is 1. The van der Waals surface area contributed by atoms with E-state index < -0.39 is 24.4 Å². The van der Waals surface area contributed by atoms with E-state index >= 15 is 0 Å². The Morgan fingerprint density at radius 2 is 1.68 bits per heavy atom. The van der Waals surface area contributed by atoms with Gasteiger partial charge in [0.1, 0.15) is 12.3 Å². The maximum absolute atomic E-state index is 12.3. The minimum absolute atomic E-state index is 0.0410. The molecule has 0 aliphatic carbocycles. The molecule has 11 nitrogen and oxygen atoms in total. The summed E-state index contributed by atoms with van der Waals surface area (Å²) in [5.74, 6) is -0.390. The van der Waals surface area contributed by atoms with E-state index in [0.29, 0.717) is 25.1 Å². The number of nitrogens with zero attached hydrogens (tertiary/aromatic N) is 1. The van der Waals surface area contributed by atoms with Gasteiger partial charge in [0.25, 0.3) is 0 Å². The van der Waals surface area contributed by atoms with Crippen LogP contribution in [0, 0.1) is 0 Å². The number of rotatable bonds is 14. The fraction of sp³-hybridized carbons (Fsp3) is 0.333. The number of carbonyl (C=O) groups excluding carboxylic acids is 2. The quantitative estimate of drug-likeness (QED) is 0.114. The second-order valence-corrected chi connectivity index (χ2v) is 12.3. The van der Waals surface area contributed by atoms with Crippen LogP contribution in [0.4, 0.5) is 4.79 Å². The summed E-state index contributed by atoms with van der Waals surface area (Å²) in [6.45, 7) is 2.85. The third-order valence-electron chi connectivity index (χ3n) is 8.52. The van der Waals surface area contributed by atoms with Crippen LogP contribution in [0.2, 0.25) is 0 Å². The summed E-state index contributed by atoms with van der Waals surface area (Å²) in [4.78, 5) is 25.9. The summed E-state index contributed by atoms with van der Waals surface area (Å²) >= 11 is 0. The fourth-order valence-corrected chi connectivity index (χ4v) is 5.97. The zero-order chi connectivity index (χ0) is 35.5. The average Bonchev–Trinajstić information content (AvgIpc) is 3.13. The van der Waals surface area contributed by atoms with Crippen molar-refractivity contribution >= 4 is 12.0 Å². The number of hydrogen-bond donors (Lipinski definition) is 5. The van der Waals surface area contributed by atoms with E-state index in [2.05, 4.69) is 10.6 Å². The van der Waals surface area contributed by atoms with Gasteiger partial charge in [-0.05, 0) is 59.5 Å². The van der Waals surface area contributed by atoms with Crippen molar-refractivity contribution in [3.05, 3.63) is 125 Å². The first-order chi connectivity index (χ1) is 24.2. The third-order valence-corrected chi connectivity index (χ3v) is 8.52. The summed E-state index contributed by atoms with van der Waals surface area (Å²) in [5, 5.41) is 35.5. The average molecular weight is 684 g/mol. The van der Waals surface area contributed by atoms with Gasteiger partial charge in [-0.3, -0.25) is 4.79 Å². The largest absolute Gasteiger partial charge is 0.508 e. The molecule has 1 saturated heterocycles. The third kappa shape index (κ3) is 10.1. The number of hydrogen-bond acceptors (Lipinski definition) is 9. The lowest BCUT2D eigenvalue weighted by molar-refractivity contribution is -0.252. The highest BCUT2D eigenvalue weighted by Crippen LogP contribution is 2.39. The highest BCUT2D eigenvalue weighted by atomic mass is 16.7. The summed E-state index contributed by atoms with van der Waals surface area (Å²) in [5.41, 5.74) is 6.07. The Morgan fingerprint density at radius 1 is 0.940 bits per heavy atom. The zero-order valence-corrected chi connectivity index (χ0v) is 28.3. The molecule has 1 aliphatic heterocycles. The Morgan fingerprint density at radius 3 is 2.40 bits per heavy atom. The Bertz CT molecular complexity index is 1700. The van der Waals surface area contributed by atoms with Crippen LogP contribution in [0.1, 0.15) is 59.7 Å². The lowest BCUT2D eigenvalue weighted by atomic mass is 9.97. The Labute approximate surface area is 292 Å². The molecule has 2 amide bonds. The summed E-state index contributed by atoms with van der Waals surface area (Å²) < 4.78 is 17.9. The predicted molar refractivity (Wildman–Crippen MR) is 188 cm³/mol. The van der Waals surface area contributed by atoms with Crippen LogP contribution in [0.25, 0.3) is 11.1 Å². The van der Waals surface area contributed by atoms with Gasteiger partial charge < -0.3 is 45.1 Å². The van der Waals surface area contributed by atoms with Crippen molar-refractivity contribution in [1.29, 1.82) is 0 Å². The van der Waals surface area contributed by atoms with Crippen LogP contribution < -0.4 is 10.6 Å². The highest BCUT2D eigenvalue weighted by molar-refractivity contribution is 5.81. The van der Waals surface area contributed by atoms with E-state index in [1.54, 1.807) is 31.2 Å². The van der Waals surface area contributed by atoms with Crippen molar-refractivity contribution in [2.45, 2.75) is 51.1 Å². The molecule has 0 spiro atoms. The van der Waals surface area contributed by atoms with Gasteiger partial charge in [0, 0.05) is 31.6 Å². The van der Waals surface area contributed by atoms with Crippen molar-refractivity contribution < 1.29 is 39.1 Å². The van der Waals surface area contributed by atoms with Crippen LogP contribution in [0.5, 0.6) is 5.75 Å². The number of ether oxygens (including phenoxy) is 3. The molecule has 4 atom stereocenters. The molecule has 1 aliphatic rings.